The minimum absolute atomic E-state index is 0.165. The summed E-state index contributed by atoms with van der Waals surface area (Å²) in [6.07, 6.45) is 7.80. The summed E-state index contributed by atoms with van der Waals surface area (Å²) in [6, 6.07) is 8.05. The van der Waals surface area contributed by atoms with Gasteiger partial charge in [0, 0.05) is 35.8 Å². The van der Waals surface area contributed by atoms with Crippen LogP contribution in [0.25, 0.3) is 0 Å². The highest BCUT2D eigenvalue weighted by Gasteiger charge is 2.50. The second-order valence-corrected chi connectivity index (χ2v) is 8.36. The van der Waals surface area contributed by atoms with Gasteiger partial charge in [0.15, 0.2) is 0 Å². The number of carbonyl (C=O) groups is 1. The molecule has 2 aromatic rings. The Morgan fingerprint density at radius 1 is 1.36 bits per heavy atom. The van der Waals surface area contributed by atoms with Crippen LogP contribution in [0.1, 0.15) is 29.7 Å². The number of ether oxygens (including phenoxy) is 1. The van der Waals surface area contributed by atoms with E-state index in [4.69, 9.17) is 4.74 Å². The Balaban J connectivity index is 1.36. The minimum atomic E-state index is 0.165. The van der Waals surface area contributed by atoms with Gasteiger partial charge >= 0.3 is 0 Å². The second kappa shape index (κ2) is 7.26. The summed E-state index contributed by atoms with van der Waals surface area (Å²) in [5, 5.41) is 2.04. The summed E-state index contributed by atoms with van der Waals surface area (Å²) in [5.74, 6) is 0.864. The van der Waals surface area contributed by atoms with E-state index in [0.29, 0.717) is 18.9 Å². The summed E-state index contributed by atoms with van der Waals surface area (Å²) in [7, 11) is 0. The Morgan fingerprint density at radius 3 is 3.04 bits per heavy atom. The van der Waals surface area contributed by atoms with Crippen LogP contribution in [0.5, 0.6) is 0 Å². The molecule has 2 aliphatic rings. The van der Waals surface area contributed by atoms with E-state index in [-0.39, 0.29) is 11.3 Å². The van der Waals surface area contributed by atoms with E-state index in [9.17, 15) is 4.79 Å². The van der Waals surface area contributed by atoms with Crippen molar-refractivity contribution in [1.82, 2.24) is 9.88 Å². The molecule has 4 rings (SSSR count). The van der Waals surface area contributed by atoms with Gasteiger partial charge in [-0.2, -0.15) is 0 Å². The fourth-order valence-corrected chi connectivity index (χ4v) is 5.06. The number of pyridine rings is 1. The van der Waals surface area contributed by atoms with Crippen LogP contribution in [0.3, 0.4) is 0 Å². The van der Waals surface area contributed by atoms with Crippen molar-refractivity contribution in [2.24, 2.45) is 11.3 Å². The Labute approximate surface area is 152 Å². The molecule has 1 saturated heterocycles. The first kappa shape index (κ1) is 16.7. The first-order valence-electron chi connectivity index (χ1n) is 9.02. The first-order chi connectivity index (χ1) is 12.3. The average molecular weight is 356 g/mol. The Bertz CT molecular complexity index is 704. The zero-order chi connectivity index (χ0) is 17.1. The Morgan fingerprint density at radius 2 is 2.24 bits per heavy atom. The molecular weight excluding hydrogens is 332 g/mol. The molecule has 4 nitrogen and oxygen atoms in total. The van der Waals surface area contributed by atoms with Gasteiger partial charge < -0.3 is 9.64 Å². The number of aromatic nitrogens is 1. The third-order valence-corrected chi connectivity index (χ3v) is 6.58. The van der Waals surface area contributed by atoms with Gasteiger partial charge in [0.2, 0.25) is 5.91 Å². The lowest BCUT2D eigenvalue weighted by atomic mass is 9.81. The largest absolute Gasteiger partial charge is 0.376 e. The van der Waals surface area contributed by atoms with Gasteiger partial charge in [-0.1, -0.05) is 12.5 Å². The summed E-state index contributed by atoms with van der Waals surface area (Å²) in [6.45, 7) is 3.14. The van der Waals surface area contributed by atoms with Gasteiger partial charge in [-0.25, -0.2) is 0 Å². The fraction of sp³-hybridized carbons (Fsp3) is 0.500. The molecule has 1 saturated carbocycles. The monoisotopic (exact) mass is 356 g/mol. The van der Waals surface area contributed by atoms with Crippen LogP contribution in [-0.4, -0.2) is 35.5 Å². The highest BCUT2D eigenvalue weighted by atomic mass is 32.1. The van der Waals surface area contributed by atoms with Crippen molar-refractivity contribution in [3.63, 3.8) is 0 Å². The molecule has 0 N–H and O–H groups in total. The number of nitrogens with zero attached hydrogens (tertiary/aromatic N) is 2. The van der Waals surface area contributed by atoms with Crippen LogP contribution >= 0.6 is 11.3 Å². The molecule has 1 aliphatic carbocycles. The molecule has 1 aliphatic heterocycles. The molecular formula is C20H24N2O2S. The number of hydrogen-bond donors (Lipinski definition) is 0. The molecule has 1 amide bonds. The summed E-state index contributed by atoms with van der Waals surface area (Å²) < 4.78 is 6.08. The molecule has 0 unspecified atom stereocenters. The molecule has 5 heteroatoms. The number of rotatable bonds is 6. The van der Waals surface area contributed by atoms with Gasteiger partial charge in [0.05, 0.1) is 19.6 Å². The van der Waals surface area contributed by atoms with Crippen LogP contribution in [0.15, 0.2) is 42.0 Å². The molecule has 0 bridgehead atoms. The molecule has 2 aromatic heterocycles. The van der Waals surface area contributed by atoms with Gasteiger partial charge in [-0.15, -0.1) is 11.3 Å². The maximum Gasteiger partial charge on any atom is 0.227 e. The van der Waals surface area contributed by atoms with Crippen LogP contribution in [0.2, 0.25) is 0 Å². The lowest BCUT2D eigenvalue weighted by molar-refractivity contribution is -0.130. The summed E-state index contributed by atoms with van der Waals surface area (Å²) in [4.78, 5) is 20.0. The quantitative estimate of drug-likeness (QED) is 0.795. The Kier molecular flexibility index (Phi) is 4.86. The highest BCUT2D eigenvalue weighted by molar-refractivity contribution is 7.10. The molecule has 2 fully saturated rings. The zero-order valence-electron chi connectivity index (χ0n) is 14.4. The predicted octanol–water partition coefficient (Wildman–Crippen LogP) is 3.53. The maximum atomic E-state index is 12.7. The van der Waals surface area contributed by atoms with Crippen LogP contribution in [-0.2, 0) is 22.6 Å². The number of fused-ring (bicyclic) bond motifs is 1. The normalized spacial score (nSPS) is 25.3. The molecule has 0 aromatic carbocycles. The molecule has 0 radical (unpaired) electrons. The number of thiophene rings is 1. The van der Waals surface area contributed by atoms with E-state index in [2.05, 4.69) is 9.88 Å². The van der Waals surface area contributed by atoms with E-state index >= 15 is 0 Å². The molecule has 3 heterocycles. The standard InChI is InChI=1S/C20H24N2O2S/c23-19(11-18-4-2-10-25-18)22-12-17-3-1-7-20(17,14-22)15-24-13-16-5-8-21-9-6-16/h2,4-6,8-10,17H,1,3,7,11-15H2/t17-,20+/m0/s1. The van der Waals surface area contributed by atoms with Crippen molar-refractivity contribution in [3.8, 4) is 0 Å². The number of carbonyl (C=O) groups excluding carboxylic acids is 1. The van der Waals surface area contributed by atoms with Crippen molar-refractivity contribution in [1.29, 1.82) is 0 Å². The topological polar surface area (TPSA) is 42.4 Å². The number of likely N-dealkylation sites (tertiary alicyclic amines) is 1. The highest BCUT2D eigenvalue weighted by Crippen LogP contribution is 2.49. The Hall–Kier alpha value is -1.72. The SMILES string of the molecule is O=C(Cc1cccs1)N1C[C@@H]2CCC[C@]2(COCc2ccncc2)C1. The lowest BCUT2D eigenvalue weighted by Gasteiger charge is -2.28. The van der Waals surface area contributed by atoms with Crippen molar-refractivity contribution < 1.29 is 9.53 Å². The smallest absolute Gasteiger partial charge is 0.227 e. The summed E-state index contributed by atoms with van der Waals surface area (Å²) >= 11 is 1.66. The van der Waals surface area contributed by atoms with Gasteiger partial charge in [-0.3, -0.25) is 9.78 Å². The minimum Gasteiger partial charge on any atom is -0.376 e. The van der Waals surface area contributed by atoms with Crippen LogP contribution in [0.4, 0.5) is 0 Å². The van der Waals surface area contributed by atoms with Crippen molar-refractivity contribution in [2.45, 2.75) is 32.3 Å². The fourth-order valence-electron chi connectivity index (χ4n) is 4.37. The zero-order valence-corrected chi connectivity index (χ0v) is 15.2. The maximum absolute atomic E-state index is 12.7. The third-order valence-electron chi connectivity index (χ3n) is 5.71. The van der Waals surface area contributed by atoms with Gasteiger partial charge in [0.25, 0.3) is 0 Å². The average Bonchev–Trinajstić information content (AvgIpc) is 3.31. The van der Waals surface area contributed by atoms with Crippen LogP contribution in [0, 0.1) is 11.3 Å². The van der Waals surface area contributed by atoms with Gasteiger partial charge in [-0.05, 0) is 47.9 Å². The second-order valence-electron chi connectivity index (χ2n) is 7.33. The lowest BCUT2D eigenvalue weighted by Crippen LogP contribution is -2.35. The van der Waals surface area contributed by atoms with E-state index in [0.717, 1.165) is 30.1 Å². The predicted molar refractivity (Wildman–Crippen MR) is 98.3 cm³/mol. The van der Waals surface area contributed by atoms with Crippen LogP contribution < -0.4 is 0 Å². The van der Waals surface area contributed by atoms with Crippen molar-refractivity contribution in [2.75, 3.05) is 19.7 Å². The van der Waals surface area contributed by atoms with E-state index in [1.54, 1.807) is 23.7 Å². The third kappa shape index (κ3) is 3.62. The molecule has 132 valence electrons. The molecule has 25 heavy (non-hydrogen) atoms. The van der Waals surface area contributed by atoms with Crippen molar-refractivity contribution >= 4 is 17.2 Å². The molecule has 2 atom stereocenters. The van der Waals surface area contributed by atoms with E-state index in [1.165, 1.54) is 19.3 Å². The van der Waals surface area contributed by atoms with E-state index < -0.39 is 0 Å². The number of amides is 1. The number of hydrogen-bond acceptors (Lipinski definition) is 4. The van der Waals surface area contributed by atoms with Gasteiger partial charge in [0.1, 0.15) is 0 Å². The summed E-state index contributed by atoms with van der Waals surface area (Å²) in [5.41, 5.74) is 1.32. The first-order valence-corrected chi connectivity index (χ1v) is 9.90. The van der Waals surface area contributed by atoms with E-state index in [1.807, 2.05) is 29.6 Å². The molecule has 0 spiro atoms. The van der Waals surface area contributed by atoms with Crippen molar-refractivity contribution in [3.05, 3.63) is 52.5 Å².